The molecule has 0 aliphatic carbocycles. The van der Waals surface area contributed by atoms with Crippen molar-refractivity contribution in [2.24, 2.45) is 10.4 Å². The Kier molecular flexibility index (Phi) is 7.18. The van der Waals surface area contributed by atoms with E-state index in [4.69, 9.17) is 9.15 Å². The van der Waals surface area contributed by atoms with Crippen molar-refractivity contribution < 1.29 is 13.9 Å². The maximum absolute atomic E-state index is 12.1. The minimum atomic E-state index is -0.257. The van der Waals surface area contributed by atoms with Crippen LogP contribution in [0.15, 0.2) is 52.1 Å². The van der Waals surface area contributed by atoms with Crippen molar-refractivity contribution >= 4 is 41.5 Å². The highest BCUT2D eigenvalue weighted by atomic mass is 127. The number of benzene rings is 1. The molecule has 2 fully saturated rings. The second kappa shape index (κ2) is 9.62. The number of carbonyl (C=O) groups is 1. The molecule has 1 atom stereocenters. The van der Waals surface area contributed by atoms with Gasteiger partial charge in [0.1, 0.15) is 0 Å². The number of furan rings is 1. The van der Waals surface area contributed by atoms with Crippen molar-refractivity contribution in [1.82, 2.24) is 10.2 Å². The third-order valence-corrected chi connectivity index (χ3v) is 5.52. The maximum Gasteiger partial charge on any atom is 0.291 e. The third kappa shape index (κ3) is 5.11. The molecule has 4 rings (SSSR count). The Balaban J connectivity index is 0.00000240. The number of amides is 1. The van der Waals surface area contributed by atoms with Gasteiger partial charge in [-0.2, -0.15) is 0 Å². The molecule has 1 aromatic carbocycles. The molecule has 2 aromatic rings. The van der Waals surface area contributed by atoms with E-state index in [0.29, 0.717) is 17.7 Å². The molecule has 0 saturated carbocycles. The smallest absolute Gasteiger partial charge is 0.291 e. The molecule has 1 aromatic heterocycles. The summed E-state index contributed by atoms with van der Waals surface area (Å²) in [5.41, 5.74) is 2.10. The Bertz CT molecular complexity index is 847. The summed E-state index contributed by atoms with van der Waals surface area (Å²) in [5.74, 6) is 0.948. The average Bonchev–Trinajstić information content (AvgIpc) is 3.46. The van der Waals surface area contributed by atoms with E-state index < -0.39 is 0 Å². The zero-order valence-corrected chi connectivity index (χ0v) is 18.8. The van der Waals surface area contributed by atoms with Crippen LogP contribution in [0.25, 0.3) is 0 Å². The van der Waals surface area contributed by atoms with Gasteiger partial charge < -0.3 is 24.7 Å². The standard InChI is InChI=1S/C21H26N4O3.HI/c1-22-20(25-9-7-21(14-25)8-11-27-15-21)23-13-16-4-2-5-17(12-16)24-19(26)18-6-3-10-28-18;/h2-6,10,12H,7-9,11,13-15H2,1H3,(H,22,23)(H,24,26);1H. The third-order valence-electron chi connectivity index (χ3n) is 5.52. The Morgan fingerprint density at radius 3 is 2.90 bits per heavy atom. The van der Waals surface area contributed by atoms with E-state index in [1.807, 2.05) is 31.3 Å². The Morgan fingerprint density at radius 1 is 1.28 bits per heavy atom. The van der Waals surface area contributed by atoms with E-state index in [1.165, 1.54) is 6.26 Å². The van der Waals surface area contributed by atoms with E-state index in [0.717, 1.165) is 56.4 Å². The minimum Gasteiger partial charge on any atom is -0.459 e. The number of aliphatic imine (C=N–C) groups is 1. The van der Waals surface area contributed by atoms with Crippen molar-refractivity contribution in [3.8, 4) is 0 Å². The average molecular weight is 510 g/mol. The second-order valence-electron chi connectivity index (χ2n) is 7.51. The van der Waals surface area contributed by atoms with Crippen molar-refractivity contribution in [1.29, 1.82) is 0 Å². The summed E-state index contributed by atoms with van der Waals surface area (Å²) in [6.07, 6.45) is 3.78. The van der Waals surface area contributed by atoms with E-state index in [9.17, 15) is 4.79 Å². The number of rotatable bonds is 4. The zero-order chi connectivity index (χ0) is 19.4. The number of nitrogens with one attached hydrogen (secondary N) is 2. The predicted molar refractivity (Wildman–Crippen MR) is 123 cm³/mol. The van der Waals surface area contributed by atoms with Gasteiger partial charge in [0, 0.05) is 44.4 Å². The van der Waals surface area contributed by atoms with Crippen LogP contribution in [0.3, 0.4) is 0 Å². The summed E-state index contributed by atoms with van der Waals surface area (Å²) in [4.78, 5) is 18.9. The number of halogens is 1. The molecule has 156 valence electrons. The lowest BCUT2D eigenvalue weighted by Crippen LogP contribution is -2.41. The molecule has 2 saturated heterocycles. The summed E-state index contributed by atoms with van der Waals surface area (Å²) >= 11 is 0. The molecule has 8 heteroatoms. The molecule has 2 aliphatic rings. The number of guanidine groups is 1. The Hall–Kier alpha value is -2.07. The normalized spacial score (nSPS) is 21.3. The highest BCUT2D eigenvalue weighted by Gasteiger charge is 2.42. The molecule has 1 spiro atoms. The minimum absolute atomic E-state index is 0. The number of likely N-dealkylation sites (tertiary alicyclic amines) is 1. The number of anilines is 1. The van der Waals surface area contributed by atoms with Crippen molar-refractivity contribution in [3.05, 3.63) is 54.0 Å². The highest BCUT2D eigenvalue weighted by Crippen LogP contribution is 2.38. The second-order valence-corrected chi connectivity index (χ2v) is 7.51. The van der Waals surface area contributed by atoms with Crippen LogP contribution >= 0.6 is 24.0 Å². The summed E-state index contributed by atoms with van der Waals surface area (Å²) in [6, 6.07) is 11.1. The van der Waals surface area contributed by atoms with Gasteiger partial charge in [0.15, 0.2) is 11.7 Å². The molecule has 1 unspecified atom stereocenters. The van der Waals surface area contributed by atoms with Gasteiger partial charge in [0.2, 0.25) is 0 Å². The van der Waals surface area contributed by atoms with Crippen molar-refractivity contribution in [2.75, 3.05) is 38.7 Å². The lowest BCUT2D eigenvalue weighted by molar-refractivity contribution is 0.0996. The van der Waals surface area contributed by atoms with Gasteiger partial charge >= 0.3 is 0 Å². The summed E-state index contributed by atoms with van der Waals surface area (Å²) in [7, 11) is 1.82. The zero-order valence-electron chi connectivity index (χ0n) is 16.5. The van der Waals surface area contributed by atoms with Gasteiger partial charge in [-0.25, -0.2) is 0 Å². The lowest BCUT2D eigenvalue weighted by Gasteiger charge is -2.25. The van der Waals surface area contributed by atoms with Crippen LogP contribution in [0.1, 0.15) is 29.0 Å². The number of carbonyl (C=O) groups excluding carboxylic acids is 1. The van der Waals surface area contributed by atoms with Crippen molar-refractivity contribution in [3.63, 3.8) is 0 Å². The SMILES string of the molecule is CN=C(NCc1cccc(NC(=O)c2ccco2)c1)N1CCC2(CCOC2)C1.I. The number of ether oxygens (including phenoxy) is 1. The monoisotopic (exact) mass is 510 g/mol. The molecule has 7 nitrogen and oxygen atoms in total. The molecular weight excluding hydrogens is 483 g/mol. The Morgan fingerprint density at radius 2 is 2.17 bits per heavy atom. The maximum atomic E-state index is 12.1. The fourth-order valence-electron chi connectivity index (χ4n) is 3.96. The van der Waals surface area contributed by atoms with Gasteiger partial charge in [-0.05, 0) is 42.7 Å². The highest BCUT2D eigenvalue weighted by molar-refractivity contribution is 14.0. The van der Waals surface area contributed by atoms with Crippen LogP contribution in [-0.2, 0) is 11.3 Å². The largest absolute Gasteiger partial charge is 0.459 e. The molecule has 3 heterocycles. The van der Waals surface area contributed by atoms with E-state index in [1.54, 1.807) is 12.1 Å². The van der Waals surface area contributed by atoms with Crippen LogP contribution in [-0.4, -0.2) is 50.1 Å². The molecular formula is C21H27IN4O3. The lowest BCUT2D eigenvalue weighted by atomic mass is 9.87. The molecule has 0 radical (unpaired) electrons. The quantitative estimate of drug-likeness (QED) is 0.375. The van der Waals surface area contributed by atoms with Gasteiger partial charge in [-0.15, -0.1) is 24.0 Å². The number of nitrogens with zero attached hydrogens (tertiary/aromatic N) is 2. The van der Waals surface area contributed by atoms with Gasteiger partial charge in [-0.3, -0.25) is 9.79 Å². The predicted octanol–water partition coefficient (Wildman–Crippen LogP) is 3.34. The van der Waals surface area contributed by atoms with E-state index >= 15 is 0 Å². The first-order chi connectivity index (χ1) is 13.7. The first kappa shape index (κ1) is 21.6. The van der Waals surface area contributed by atoms with Crippen molar-refractivity contribution in [2.45, 2.75) is 19.4 Å². The molecule has 2 N–H and O–H groups in total. The Labute approximate surface area is 187 Å². The van der Waals surface area contributed by atoms with Crippen LogP contribution in [0.4, 0.5) is 5.69 Å². The summed E-state index contributed by atoms with van der Waals surface area (Å²) < 4.78 is 10.8. The van der Waals surface area contributed by atoms with Gasteiger partial charge in [-0.1, -0.05) is 12.1 Å². The molecule has 1 amide bonds. The van der Waals surface area contributed by atoms with Gasteiger partial charge in [0.25, 0.3) is 5.91 Å². The van der Waals surface area contributed by atoms with E-state index in [2.05, 4.69) is 20.5 Å². The molecule has 29 heavy (non-hydrogen) atoms. The topological polar surface area (TPSA) is 79.1 Å². The van der Waals surface area contributed by atoms with Crippen LogP contribution < -0.4 is 10.6 Å². The first-order valence-corrected chi connectivity index (χ1v) is 9.65. The summed E-state index contributed by atoms with van der Waals surface area (Å²) in [5, 5.41) is 6.31. The van der Waals surface area contributed by atoms with Gasteiger partial charge in [0.05, 0.1) is 12.9 Å². The number of hydrogen-bond donors (Lipinski definition) is 2. The van der Waals surface area contributed by atoms with Crippen LogP contribution in [0, 0.1) is 5.41 Å². The van der Waals surface area contributed by atoms with Crippen LogP contribution in [0.5, 0.6) is 0 Å². The fraction of sp³-hybridized carbons (Fsp3) is 0.429. The van der Waals surface area contributed by atoms with E-state index in [-0.39, 0.29) is 29.9 Å². The fourth-order valence-corrected chi connectivity index (χ4v) is 3.96. The number of hydrogen-bond acceptors (Lipinski definition) is 4. The first-order valence-electron chi connectivity index (χ1n) is 9.65. The summed E-state index contributed by atoms with van der Waals surface area (Å²) in [6.45, 7) is 4.36. The molecule has 0 bridgehead atoms. The molecule has 2 aliphatic heterocycles. The van der Waals surface area contributed by atoms with Crippen LogP contribution in [0.2, 0.25) is 0 Å².